The summed E-state index contributed by atoms with van der Waals surface area (Å²) in [4.78, 5) is 5.40. The summed E-state index contributed by atoms with van der Waals surface area (Å²) in [5.41, 5.74) is 15.1. The molecular formula is C46H28N4. The molecular weight excluding hydrogens is 609 g/mol. The van der Waals surface area contributed by atoms with Crippen LogP contribution in [0, 0.1) is 0 Å². The van der Waals surface area contributed by atoms with E-state index in [0.29, 0.717) is 5.82 Å². The molecule has 0 bridgehead atoms. The first-order valence-electron chi connectivity index (χ1n) is 17.1. The molecule has 4 nitrogen and oxygen atoms in total. The van der Waals surface area contributed by atoms with Crippen LogP contribution < -0.4 is 0 Å². The molecule has 0 atom stereocenters. The second kappa shape index (κ2) is 10.2. The van der Waals surface area contributed by atoms with Gasteiger partial charge in [-0.15, -0.1) is 10.2 Å². The van der Waals surface area contributed by atoms with Crippen molar-refractivity contribution in [1.82, 2.24) is 19.7 Å². The number of hydrogen-bond acceptors (Lipinski definition) is 3. The minimum Gasteiger partial charge on any atom is -0.308 e. The van der Waals surface area contributed by atoms with Gasteiger partial charge in [-0.25, -0.2) is 4.98 Å². The first-order chi connectivity index (χ1) is 24.8. The zero-order valence-electron chi connectivity index (χ0n) is 27.0. The molecule has 11 rings (SSSR count). The maximum atomic E-state index is 5.40. The van der Waals surface area contributed by atoms with Crippen LogP contribution in [0.4, 0.5) is 0 Å². The lowest BCUT2D eigenvalue weighted by molar-refractivity contribution is 0.748. The van der Waals surface area contributed by atoms with E-state index in [1.165, 1.54) is 49.7 Å². The molecule has 232 valence electrons. The van der Waals surface area contributed by atoms with Crippen LogP contribution in [-0.4, -0.2) is 19.7 Å². The van der Waals surface area contributed by atoms with E-state index in [-0.39, 0.29) is 0 Å². The maximum Gasteiger partial charge on any atom is 0.184 e. The summed E-state index contributed by atoms with van der Waals surface area (Å²) >= 11 is 0. The van der Waals surface area contributed by atoms with Crippen LogP contribution in [0.2, 0.25) is 0 Å². The van der Waals surface area contributed by atoms with E-state index in [1.807, 2.05) is 24.3 Å². The van der Waals surface area contributed by atoms with E-state index < -0.39 is 5.41 Å². The van der Waals surface area contributed by atoms with E-state index >= 15 is 0 Å². The van der Waals surface area contributed by atoms with Crippen molar-refractivity contribution < 1.29 is 0 Å². The first-order valence-corrected chi connectivity index (χ1v) is 17.1. The number of para-hydroxylation sites is 3. The van der Waals surface area contributed by atoms with Gasteiger partial charge in [-0.3, -0.25) is 0 Å². The average Bonchev–Trinajstić information content (AvgIpc) is 3.69. The second-order valence-corrected chi connectivity index (χ2v) is 13.2. The molecule has 0 N–H and O–H groups in total. The molecule has 0 amide bonds. The van der Waals surface area contributed by atoms with Crippen LogP contribution in [0.15, 0.2) is 170 Å². The van der Waals surface area contributed by atoms with E-state index in [2.05, 4.69) is 150 Å². The first kappa shape index (κ1) is 27.3. The van der Waals surface area contributed by atoms with Crippen molar-refractivity contribution in [1.29, 1.82) is 0 Å². The topological polar surface area (TPSA) is 43.6 Å². The van der Waals surface area contributed by atoms with Crippen molar-refractivity contribution in [2.24, 2.45) is 0 Å². The lowest BCUT2D eigenvalue weighted by Gasteiger charge is -2.40. The molecule has 7 aromatic carbocycles. The van der Waals surface area contributed by atoms with E-state index in [0.717, 1.165) is 39.3 Å². The lowest BCUT2D eigenvalue weighted by Crippen LogP contribution is -2.33. The SMILES string of the molecule is c1ccc(-c2nnc(-c3cccc4c3-n3c5ccccc5c5cccc(c53)C43c4ccccc4-c4ccccc43)nc2-c2ccccc2)cc1. The van der Waals surface area contributed by atoms with Crippen molar-refractivity contribution in [3.05, 3.63) is 192 Å². The highest BCUT2D eigenvalue weighted by molar-refractivity contribution is 6.13. The Hall–Kier alpha value is -6.65. The van der Waals surface area contributed by atoms with E-state index in [1.54, 1.807) is 0 Å². The van der Waals surface area contributed by atoms with E-state index in [4.69, 9.17) is 15.2 Å². The van der Waals surface area contributed by atoms with Gasteiger partial charge < -0.3 is 4.57 Å². The molecule has 2 aromatic heterocycles. The van der Waals surface area contributed by atoms with Gasteiger partial charge in [0.25, 0.3) is 0 Å². The Morgan fingerprint density at radius 2 is 0.940 bits per heavy atom. The van der Waals surface area contributed by atoms with Crippen molar-refractivity contribution in [2.75, 3.05) is 0 Å². The fourth-order valence-electron chi connectivity index (χ4n) is 8.81. The summed E-state index contributed by atoms with van der Waals surface area (Å²) in [5.74, 6) is 0.598. The molecule has 0 fully saturated rings. The number of hydrogen-bond donors (Lipinski definition) is 0. The highest BCUT2D eigenvalue weighted by atomic mass is 15.2. The third-order valence-corrected chi connectivity index (χ3v) is 10.7. The molecule has 1 spiro atoms. The van der Waals surface area contributed by atoms with Gasteiger partial charge in [0, 0.05) is 27.5 Å². The third kappa shape index (κ3) is 3.47. The molecule has 50 heavy (non-hydrogen) atoms. The summed E-state index contributed by atoms with van der Waals surface area (Å²) in [6.45, 7) is 0. The predicted molar refractivity (Wildman–Crippen MR) is 201 cm³/mol. The van der Waals surface area contributed by atoms with Crippen LogP contribution >= 0.6 is 0 Å². The van der Waals surface area contributed by atoms with E-state index in [9.17, 15) is 0 Å². The maximum absolute atomic E-state index is 5.40. The molecule has 0 radical (unpaired) electrons. The molecule has 0 saturated heterocycles. The molecule has 0 unspecified atom stereocenters. The largest absolute Gasteiger partial charge is 0.308 e. The molecule has 0 saturated carbocycles. The van der Waals surface area contributed by atoms with Gasteiger partial charge in [0.15, 0.2) is 5.82 Å². The normalized spacial score (nSPS) is 13.4. The molecule has 1 aliphatic heterocycles. The average molecular weight is 637 g/mol. The number of fused-ring (bicyclic) bond motifs is 12. The summed E-state index contributed by atoms with van der Waals surface area (Å²) in [7, 11) is 0. The zero-order chi connectivity index (χ0) is 32.8. The van der Waals surface area contributed by atoms with Crippen molar-refractivity contribution in [3.8, 4) is 50.7 Å². The summed E-state index contributed by atoms with van der Waals surface area (Å²) < 4.78 is 2.47. The number of rotatable bonds is 3. The van der Waals surface area contributed by atoms with Crippen LogP contribution in [0.3, 0.4) is 0 Å². The second-order valence-electron chi connectivity index (χ2n) is 13.2. The predicted octanol–water partition coefficient (Wildman–Crippen LogP) is 10.6. The highest BCUT2D eigenvalue weighted by Crippen LogP contribution is 2.61. The van der Waals surface area contributed by atoms with Gasteiger partial charge in [0.2, 0.25) is 0 Å². The van der Waals surface area contributed by atoms with Gasteiger partial charge in [0.1, 0.15) is 11.4 Å². The third-order valence-electron chi connectivity index (χ3n) is 10.7. The molecule has 3 heterocycles. The van der Waals surface area contributed by atoms with Crippen LogP contribution in [-0.2, 0) is 5.41 Å². The minimum absolute atomic E-state index is 0.540. The van der Waals surface area contributed by atoms with Crippen molar-refractivity contribution in [3.63, 3.8) is 0 Å². The van der Waals surface area contributed by atoms with Gasteiger partial charge >= 0.3 is 0 Å². The fourth-order valence-corrected chi connectivity index (χ4v) is 8.81. The Morgan fingerprint density at radius 3 is 1.68 bits per heavy atom. The van der Waals surface area contributed by atoms with Gasteiger partial charge in [-0.1, -0.05) is 158 Å². The molecule has 2 aliphatic rings. The number of aromatic nitrogens is 4. The number of nitrogens with zero attached hydrogens (tertiary/aromatic N) is 4. The van der Waals surface area contributed by atoms with Gasteiger partial charge in [0.05, 0.1) is 22.1 Å². The Kier molecular flexibility index (Phi) is 5.56. The Morgan fingerprint density at radius 1 is 0.400 bits per heavy atom. The van der Waals surface area contributed by atoms with Crippen LogP contribution in [0.5, 0.6) is 0 Å². The van der Waals surface area contributed by atoms with Gasteiger partial charge in [-0.05, 0) is 45.5 Å². The highest BCUT2D eigenvalue weighted by Gasteiger charge is 2.51. The summed E-state index contributed by atoms with van der Waals surface area (Å²) in [6.07, 6.45) is 0. The molecule has 9 aromatic rings. The van der Waals surface area contributed by atoms with Crippen LogP contribution in [0.25, 0.3) is 72.5 Å². The fraction of sp³-hybridized carbons (Fsp3) is 0.0217. The molecule has 4 heteroatoms. The smallest absolute Gasteiger partial charge is 0.184 e. The molecule has 1 aliphatic carbocycles. The van der Waals surface area contributed by atoms with Gasteiger partial charge in [-0.2, -0.15) is 0 Å². The minimum atomic E-state index is -0.540. The number of benzene rings is 7. The quantitative estimate of drug-likeness (QED) is 0.194. The zero-order valence-corrected chi connectivity index (χ0v) is 27.0. The Labute approximate surface area is 289 Å². The lowest BCUT2D eigenvalue weighted by atomic mass is 9.65. The summed E-state index contributed by atoms with van der Waals surface area (Å²) in [6, 6.07) is 60.7. The van der Waals surface area contributed by atoms with Crippen molar-refractivity contribution in [2.45, 2.75) is 5.41 Å². The summed E-state index contributed by atoms with van der Waals surface area (Å²) in [5, 5.41) is 12.3. The van der Waals surface area contributed by atoms with Crippen molar-refractivity contribution >= 4 is 21.8 Å². The van der Waals surface area contributed by atoms with Crippen LogP contribution in [0.1, 0.15) is 22.3 Å². The Bertz CT molecular complexity index is 2770. The standard InChI is InChI=1S/C46H28N4/c1-3-15-29(16-4-1)41-42(30-17-5-2-6-18-30)48-49-45(47-41)35-23-14-27-39-44(35)50-40-28-12-9-21-33(40)34-22-13-26-38(43(34)50)46(39)36-24-10-7-19-31(36)32-20-8-11-25-37(32)46/h1-28H. The monoisotopic (exact) mass is 636 g/mol. The Balaban J connectivity index is 1.30.